The van der Waals surface area contributed by atoms with Crippen molar-refractivity contribution >= 4 is 18.3 Å². The molecule has 1 fully saturated rings. The normalized spacial score (nSPS) is 15.4. The molecule has 0 bridgehead atoms. The maximum absolute atomic E-state index is 12.7. The van der Waals surface area contributed by atoms with Gasteiger partial charge in [0.15, 0.2) is 0 Å². The second kappa shape index (κ2) is 8.89. The van der Waals surface area contributed by atoms with Crippen LogP contribution in [0.25, 0.3) is 0 Å². The minimum Gasteiger partial charge on any atom is -0.352 e. The van der Waals surface area contributed by atoms with Crippen molar-refractivity contribution in [3.8, 4) is 0 Å². The summed E-state index contributed by atoms with van der Waals surface area (Å²) in [6.45, 7) is 5.90. The number of carbonyl (C=O) groups excluding carboxylic acids is 1. The van der Waals surface area contributed by atoms with Gasteiger partial charge in [-0.2, -0.15) is 0 Å². The average molecular weight is 302 g/mol. The number of piperazine rings is 1. The Morgan fingerprint density at radius 3 is 2.55 bits per heavy atom. The first kappa shape index (κ1) is 16.9. The lowest BCUT2D eigenvalue weighted by molar-refractivity contribution is 0.0951. The highest BCUT2D eigenvalue weighted by atomic mass is 35.5. The zero-order valence-corrected chi connectivity index (χ0v) is 12.2. The van der Waals surface area contributed by atoms with E-state index in [1.165, 1.54) is 24.3 Å². The number of nitrogens with one attached hydrogen (secondary N) is 2. The Balaban J connectivity index is 0.00000200. The van der Waals surface area contributed by atoms with E-state index in [-0.39, 0.29) is 24.1 Å². The molecule has 0 saturated carbocycles. The fourth-order valence-corrected chi connectivity index (χ4v) is 2.14. The van der Waals surface area contributed by atoms with E-state index in [0.29, 0.717) is 12.1 Å². The molecular weight excluding hydrogens is 281 g/mol. The molecule has 0 radical (unpaired) electrons. The smallest absolute Gasteiger partial charge is 0.251 e. The minimum atomic E-state index is -0.324. The van der Waals surface area contributed by atoms with Gasteiger partial charge in [0.2, 0.25) is 0 Å². The summed E-state index contributed by atoms with van der Waals surface area (Å²) in [5.41, 5.74) is 0.503. The molecule has 2 N–H and O–H groups in total. The summed E-state index contributed by atoms with van der Waals surface area (Å²) in [5, 5.41) is 6.16. The largest absolute Gasteiger partial charge is 0.352 e. The van der Waals surface area contributed by atoms with Crippen LogP contribution in [0.4, 0.5) is 4.39 Å². The quantitative estimate of drug-likeness (QED) is 0.805. The molecule has 1 saturated heterocycles. The first-order valence-corrected chi connectivity index (χ1v) is 6.72. The Morgan fingerprint density at radius 2 is 1.90 bits per heavy atom. The summed E-state index contributed by atoms with van der Waals surface area (Å²) in [4.78, 5) is 14.1. The van der Waals surface area contributed by atoms with Gasteiger partial charge in [-0.25, -0.2) is 4.39 Å². The topological polar surface area (TPSA) is 44.4 Å². The van der Waals surface area contributed by atoms with Crippen molar-refractivity contribution in [3.63, 3.8) is 0 Å². The van der Waals surface area contributed by atoms with Crippen molar-refractivity contribution in [1.29, 1.82) is 0 Å². The third-order valence-electron chi connectivity index (χ3n) is 3.25. The van der Waals surface area contributed by atoms with Gasteiger partial charge in [-0.3, -0.25) is 4.79 Å². The van der Waals surface area contributed by atoms with Gasteiger partial charge in [-0.1, -0.05) is 0 Å². The second-order valence-electron chi connectivity index (χ2n) is 4.71. The number of halogens is 2. The average Bonchev–Trinajstić information content (AvgIpc) is 2.45. The number of nitrogens with zero attached hydrogens (tertiary/aromatic N) is 1. The highest BCUT2D eigenvalue weighted by molar-refractivity contribution is 5.94. The highest BCUT2D eigenvalue weighted by Crippen LogP contribution is 2.02. The molecule has 1 aromatic rings. The van der Waals surface area contributed by atoms with Gasteiger partial charge < -0.3 is 15.5 Å². The third kappa shape index (κ3) is 5.45. The summed E-state index contributed by atoms with van der Waals surface area (Å²) in [6, 6.07) is 5.60. The van der Waals surface area contributed by atoms with Gasteiger partial charge in [0.1, 0.15) is 5.82 Å². The Labute approximate surface area is 125 Å². The molecular formula is C14H21ClFN3O. The Morgan fingerprint density at radius 1 is 1.25 bits per heavy atom. The van der Waals surface area contributed by atoms with Crippen LogP contribution in [-0.2, 0) is 0 Å². The number of hydrogen-bond acceptors (Lipinski definition) is 3. The van der Waals surface area contributed by atoms with E-state index >= 15 is 0 Å². The van der Waals surface area contributed by atoms with Crippen molar-refractivity contribution in [2.75, 3.05) is 39.3 Å². The van der Waals surface area contributed by atoms with Gasteiger partial charge in [0.05, 0.1) is 0 Å². The van der Waals surface area contributed by atoms with Crippen LogP contribution in [-0.4, -0.2) is 50.1 Å². The van der Waals surface area contributed by atoms with Crippen molar-refractivity contribution < 1.29 is 9.18 Å². The standard InChI is InChI=1S/C14H20FN3O.ClH/c15-13-4-2-12(3-5-13)14(19)17-6-1-9-18-10-7-16-8-11-18;/h2-5,16H,1,6-11H2,(H,17,19);1H. The van der Waals surface area contributed by atoms with Gasteiger partial charge >= 0.3 is 0 Å². The lowest BCUT2D eigenvalue weighted by atomic mass is 10.2. The van der Waals surface area contributed by atoms with Crippen LogP contribution in [0, 0.1) is 5.82 Å². The first-order valence-electron chi connectivity index (χ1n) is 6.72. The van der Waals surface area contributed by atoms with E-state index in [1.54, 1.807) is 0 Å². The van der Waals surface area contributed by atoms with E-state index in [9.17, 15) is 9.18 Å². The molecule has 1 aliphatic rings. The predicted molar refractivity (Wildman–Crippen MR) is 79.9 cm³/mol. The molecule has 1 aromatic carbocycles. The Bertz CT molecular complexity index is 407. The zero-order chi connectivity index (χ0) is 13.5. The molecule has 6 heteroatoms. The molecule has 4 nitrogen and oxygen atoms in total. The SMILES string of the molecule is Cl.O=C(NCCCN1CCNCC1)c1ccc(F)cc1. The predicted octanol–water partition coefficient (Wildman–Crippen LogP) is 1.27. The van der Waals surface area contributed by atoms with E-state index in [4.69, 9.17) is 0 Å². The van der Waals surface area contributed by atoms with Gasteiger partial charge in [0.25, 0.3) is 5.91 Å². The van der Waals surface area contributed by atoms with Gasteiger partial charge in [-0.05, 0) is 37.2 Å². The summed E-state index contributed by atoms with van der Waals surface area (Å²) < 4.78 is 12.7. The van der Waals surface area contributed by atoms with E-state index in [0.717, 1.165) is 39.1 Å². The second-order valence-corrected chi connectivity index (χ2v) is 4.71. The van der Waals surface area contributed by atoms with Crippen molar-refractivity contribution in [2.45, 2.75) is 6.42 Å². The molecule has 0 aromatic heterocycles. The number of rotatable bonds is 5. The molecule has 0 atom stereocenters. The fraction of sp³-hybridized carbons (Fsp3) is 0.500. The summed E-state index contributed by atoms with van der Waals surface area (Å²) in [7, 11) is 0. The van der Waals surface area contributed by atoms with Crippen LogP contribution in [0.5, 0.6) is 0 Å². The summed E-state index contributed by atoms with van der Waals surface area (Å²) in [5.74, 6) is -0.462. The molecule has 1 amide bonds. The van der Waals surface area contributed by atoms with Gasteiger partial charge in [-0.15, -0.1) is 12.4 Å². The van der Waals surface area contributed by atoms with E-state index in [2.05, 4.69) is 15.5 Å². The summed E-state index contributed by atoms with van der Waals surface area (Å²) >= 11 is 0. The molecule has 1 aliphatic heterocycles. The number of amides is 1. The third-order valence-corrected chi connectivity index (χ3v) is 3.25. The molecule has 0 spiro atoms. The van der Waals surface area contributed by atoms with Crippen LogP contribution < -0.4 is 10.6 Å². The maximum atomic E-state index is 12.7. The number of benzene rings is 1. The van der Waals surface area contributed by atoms with Crippen molar-refractivity contribution in [3.05, 3.63) is 35.6 Å². The minimum absolute atomic E-state index is 0. The molecule has 1 heterocycles. The zero-order valence-electron chi connectivity index (χ0n) is 11.4. The monoisotopic (exact) mass is 301 g/mol. The van der Waals surface area contributed by atoms with E-state index in [1.807, 2.05) is 0 Å². The molecule has 112 valence electrons. The lowest BCUT2D eigenvalue weighted by Crippen LogP contribution is -2.44. The van der Waals surface area contributed by atoms with Crippen LogP contribution in [0.1, 0.15) is 16.8 Å². The molecule has 0 aliphatic carbocycles. The fourth-order valence-electron chi connectivity index (χ4n) is 2.14. The van der Waals surface area contributed by atoms with Crippen LogP contribution in [0.15, 0.2) is 24.3 Å². The molecule has 2 rings (SSSR count). The molecule has 0 unspecified atom stereocenters. The summed E-state index contributed by atoms with van der Waals surface area (Å²) in [6.07, 6.45) is 0.937. The first-order chi connectivity index (χ1) is 9.25. The van der Waals surface area contributed by atoms with Crippen LogP contribution in [0.3, 0.4) is 0 Å². The van der Waals surface area contributed by atoms with Crippen LogP contribution >= 0.6 is 12.4 Å². The van der Waals surface area contributed by atoms with Crippen LogP contribution in [0.2, 0.25) is 0 Å². The Hall–Kier alpha value is -1.17. The number of carbonyl (C=O) groups is 1. The lowest BCUT2D eigenvalue weighted by Gasteiger charge is -2.27. The van der Waals surface area contributed by atoms with Crippen molar-refractivity contribution in [1.82, 2.24) is 15.5 Å². The molecule has 20 heavy (non-hydrogen) atoms. The van der Waals surface area contributed by atoms with Crippen molar-refractivity contribution in [2.24, 2.45) is 0 Å². The highest BCUT2D eigenvalue weighted by Gasteiger charge is 2.09. The van der Waals surface area contributed by atoms with E-state index < -0.39 is 0 Å². The number of hydrogen-bond donors (Lipinski definition) is 2. The Kier molecular flexibility index (Phi) is 7.51. The maximum Gasteiger partial charge on any atom is 0.251 e. The van der Waals surface area contributed by atoms with Gasteiger partial charge in [0, 0.05) is 38.3 Å².